The molecule has 68 valence electrons. The van der Waals surface area contributed by atoms with Gasteiger partial charge in [0.15, 0.2) is 0 Å². The van der Waals surface area contributed by atoms with Crippen LogP contribution < -0.4 is 11.5 Å². The van der Waals surface area contributed by atoms with Gasteiger partial charge in [0.25, 0.3) is 0 Å². The van der Waals surface area contributed by atoms with Crippen LogP contribution in [-0.2, 0) is 0 Å². The first-order valence-electron chi connectivity index (χ1n) is 3.54. The molecule has 4 N–H and O–H groups in total. The number of alkyl halides is 1. The Kier molecular flexibility index (Phi) is 2.99. The van der Waals surface area contributed by atoms with Crippen molar-refractivity contribution < 1.29 is 4.39 Å². The van der Waals surface area contributed by atoms with Gasteiger partial charge in [-0.25, -0.2) is 4.39 Å². The first-order valence-corrected chi connectivity index (χ1v) is 4.08. The number of benzene rings is 1. The lowest BCUT2D eigenvalue weighted by Crippen LogP contribution is -1.98. The summed E-state index contributed by atoms with van der Waals surface area (Å²) in [7, 11) is 0. The highest BCUT2D eigenvalue weighted by Gasteiger charge is 2.02. The normalized spacial score (nSPS) is 9.08. The Hall–Kier alpha value is -1.40. The maximum atomic E-state index is 12.8. The van der Waals surface area contributed by atoms with Gasteiger partial charge in [-0.2, -0.15) is 0 Å². The van der Waals surface area contributed by atoms with Gasteiger partial charge in [-0.15, -0.1) is 11.6 Å². The fourth-order valence-electron chi connectivity index (χ4n) is 0.871. The van der Waals surface area contributed by atoms with E-state index in [0.717, 1.165) is 6.07 Å². The van der Waals surface area contributed by atoms with E-state index < -0.39 is 5.82 Å². The molecule has 1 rings (SSSR count). The molecule has 0 spiro atoms. The Morgan fingerprint density at radius 2 is 2.08 bits per heavy atom. The molecule has 0 aliphatic heterocycles. The van der Waals surface area contributed by atoms with Crippen LogP contribution in [0.4, 0.5) is 15.8 Å². The predicted molar refractivity (Wildman–Crippen MR) is 52.8 cm³/mol. The lowest BCUT2D eigenvalue weighted by Gasteiger charge is -2.02. The lowest BCUT2D eigenvalue weighted by molar-refractivity contribution is 0.628. The molecule has 13 heavy (non-hydrogen) atoms. The molecule has 4 heteroatoms. The predicted octanol–water partition coefficient (Wildman–Crippen LogP) is 1.58. The van der Waals surface area contributed by atoms with Gasteiger partial charge in [0.05, 0.1) is 22.8 Å². The van der Waals surface area contributed by atoms with Crippen LogP contribution in [0.25, 0.3) is 0 Å². The van der Waals surface area contributed by atoms with Crippen molar-refractivity contribution in [2.24, 2.45) is 0 Å². The van der Waals surface area contributed by atoms with Crippen molar-refractivity contribution in [1.29, 1.82) is 0 Å². The average Bonchev–Trinajstić information content (AvgIpc) is 2.09. The van der Waals surface area contributed by atoms with E-state index in [2.05, 4.69) is 11.8 Å². The topological polar surface area (TPSA) is 52.0 Å². The number of anilines is 2. The van der Waals surface area contributed by atoms with Crippen LogP contribution in [0.5, 0.6) is 0 Å². The molecule has 0 bridgehead atoms. The molecule has 0 saturated heterocycles. The zero-order valence-corrected chi connectivity index (χ0v) is 7.53. The Bertz CT molecular complexity index is 379. The van der Waals surface area contributed by atoms with Crippen LogP contribution >= 0.6 is 11.6 Å². The minimum Gasteiger partial charge on any atom is -0.397 e. The van der Waals surface area contributed by atoms with Crippen molar-refractivity contribution in [2.75, 3.05) is 17.3 Å². The number of rotatable bonds is 0. The van der Waals surface area contributed by atoms with E-state index in [1.165, 1.54) is 6.07 Å². The molecule has 0 unspecified atom stereocenters. The van der Waals surface area contributed by atoms with Crippen molar-refractivity contribution >= 4 is 23.0 Å². The summed E-state index contributed by atoms with van der Waals surface area (Å²) < 4.78 is 12.8. The van der Waals surface area contributed by atoms with Crippen molar-refractivity contribution in [3.05, 3.63) is 23.5 Å². The molecule has 0 aliphatic rings. The molecule has 0 atom stereocenters. The number of hydrogen-bond acceptors (Lipinski definition) is 2. The van der Waals surface area contributed by atoms with Gasteiger partial charge in [-0.3, -0.25) is 0 Å². The summed E-state index contributed by atoms with van der Waals surface area (Å²) in [5, 5.41) is 0. The molecule has 2 nitrogen and oxygen atoms in total. The van der Waals surface area contributed by atoms with Crippen LogP contribution in [0.1, 0.15) is 5.56 Å². The van der Waals surface area contributed by atoms with Crippen molar-refractivity contribution in [2.45, 2.75) is 0 Å². The maximum Gasteiger partial charge on any atom is 0.126 e. The molecule has 0 saturated carbocycles. The Labute approximate surface area is 80.7 Å². The van der Waals surface area contributed by atoms with Crippen molar-refractivity contribution in [3.8, 4) is 11.8 Å². The van der Waals surface area contributed by atoms with Gasteiger partial charge < -0.3 is 11.5 Å². The van der Waals surface area contributed by atoms with Crippen LogP contribution in [0.3, 0.4) is 0 Å². The van der Waals surface area contributed by atoms with E-state index in [1.54, 1.807) is 0 Å². The molecule has 0 aromatic heterocycles. The molecule has 0 aliphatic carbocycles. The van der Waals surface area contributed by atoms with Gasteiger partial charge in [-0.1, -0.05) is 11.8 Å². The molecule has 0 radical (unpaired) electrons. The van der Waals surface area contributed by atoms with E-state index in [0.29, 0.717) is 11.3 Å². The van der Waals surface area contributed by atoms with Crippen LogP contribution in [0, 0.1) is 17.7 Å². The molecule has 0 fully saturated rings. The van der Waals surface area contributed by atoms with Gasteiger partial charge >= 0.3 is 0 Å². The number of halogens is 2. The number of hydrogen-bond donors (Lipinski definition) is 2. The van der Waals surface area contributed by atoms with E-state index >= 15 is 0 Å². The Morgan fingerprint density at radius 1 is 1.38 bits per heavy atom. The second-order valence-electron chi connectivity index (χ2n) is 2.39. The van der Waals surface area contributed by atoms with Crippen LogP contribution in [0.2, 0.25) is 0 Å². The Morgan fingerprint density at radius 3 is 2.69 bits per heavy atom. The van der Waals surface area contributed by atoms with Crippen molar-refractivity contribution in [3.63, 3.8) is 0 Å². The van der Waals surface area contributed by atoms with E-state index in [-0.39, 0.29) is 11.6 Å². The summed E-state index contributed by atoms with van der Waals surface area (Å²) in [5.41, 5.74) is 11.8. The van der Waals surface area contributed by atoms with E-state index in [1.807, 2.05) is 0 Å². The smallest absolute Gasteiger partial charge is 0.126 e. The molecule has 0 amide bonds. The van der Waals surface area contributed by atoms with Crippen LogP contribution in [-0.4, -0.2) is 5.88 Å². The molecule has 1 aromatic carbocycles. The quantitative estimate of drug-likeness (QED) is 0.378. The van der Waals surface area contributed by atoms with Gasteiger partial charge in [0, 0.05) is 0 Å². The summed E-state index contributed by atoms with van der Waals surface area (Å²) in [6, 6.07) is 2.38. The summed E-state index contributed by atoms with van der Waals surface area (Å²) in [6.07, 6.45) is 0. The second-order valence-corrected chi connectivity index (χ2v) is 2.66. The average molecular weight is 199 g/mol. The summed E-state index contributed by atoms with van der Waals surface area (Å²) in [6.45, 7) is 0. The second kappa shape index (κ2) is 4.01. The lowest BCUT2D eigenvalue weighted by atomic mass is 10.1. The summed E-state index contributed by atoms with van der Waals surface area (Å²) in [4.78, 5) is 0. The van der Waals surface area contributed by atoms with Crippen molar-refractivity contribution in [1.82, 2.24) is 0 Å². The standard InChI is InChI=1S/C9H8ClFN2/c10-3-1-2-6-4-7(11)5-8(12)9(6)13/h4-5H,3,12-13H2. The van der Waals surface area contributed by atoms with Crippen LogP contribution in [0.15, 0.2) is 12.1 Å². The third kappa shape index (κ3) is 2.27. The Balaban J connectivity index is 3.20. The molecular weight excluding hydrogens is 191 g/mol. The summed E-state index contributed by atoms with van der Waals surface area (Å²) >= 11 is 5.34. The molecular formula is C9H8ClFN2. The fourth-order valence-corrected chi connectivity index (χ4v) is 0.938. The minimum absolute atomic E-state index is 0.176. The van der Waals surface area contributed by atoms with E-state index in [4.69, 9.17) is 23.1 Å². The first kappa shape index (κ1) is 9.69. The number of nitrogen functional groups attached to an aromatic ring is 2. The molecule has 1 aromatic rings. The van der Waals surface area contributed by atoms with E-state index in [9.17, 15) is 4.39 Å². The highest BCUT2D eigenvalue weighted by molar-refractivity contribution is 6.19. The SMILES string of the molecule is Nc1cc(F)cc(C#CCCl)c1N. The number of nitrogens with two attached hydrogens (primary N) is 2. The molecule has 0 heterocycles. The van der Waals surface area contributed by atoms with Gasteiger partial charge in [0.2, 0.25) is 0 Å². The first-order chi connectivity index (χ1) is 6.15. The fraction of sp³-hybridized carbons (Fsp3) is 0.111. The monoisotopic (exact) mass is 198 g/mol. The summed E-state index contributed by atoms with van der Waals surface area (Å²) in [5.74, 6) is 4.91. The third-order valence-corrected chi connectivity index (χ3v) is 1.60. The minimum atomic E-state index is -0.453. The highest BCUT2D eigenvalue weighted by atomic mass is 35.5. The largest absolute Gasteiger partial charge is 0.397 e. The zero-order chi connectivity index (χ0) is 9.84. The maximum absolute atomic E-state index is 12.8. The van der Waals surface area contributed by atoms with Gasteiger partial charge in [0.1, 0.15) is 5.82 Å². The van der Waals surface area contributed by atoms with Gasteiger partial charge in [-0.05, 0) is 12.1 Å². The highest BCUT2D eigenvalue weighted by Crippen LogP contribution is 2.20. The zero-order valence-electron chi connectivity index (χ0n) is 6.77. The third-order valence-electron chi connectivity index (χ3n) is 1.47.